The second-order valence-electron chi connectivity index (χ2n) is 15.3. The van der Waals surface area contributed by atoms with E-state index >= 15 is 0 Å². The lowest BCUT2D eigenvalue weighted by molar-refractivity contribution is -0.192. The van der Waals surface area contributed by atoms with Crippen molar-refractivity contribution in [2.24, 2.45) is 50.2 Å². The maximum absolute atomic E-state index is 14.5. The first-order chi connectivity index (χ1) is 18.1. The predicted octanol–water partition coefficient (Wildman–Crippen LogP) is 6.39. The van der Waals surface area contributed by atoms with Gasteiger partial charge in [0.05, 0.1) is 30.8 Å². The molecule has 0 amide bonds. The van der Waals surface area contributed by atoms with Gasteiger partial charge in [0.1, 0.15) is 0 Å². The molecule has 39 heavy (non-hydrogen) atoms. The second-order valence-corrected chi connectivity index (χ2v) is 15.3. The van der Waals surface area contributed by atoms with Crippen molar-refractivity contribution in [1.29, 1.82) is 0 Å². The Morgan fingerprint density at radius 2 is 1.69 bits per heavy atom. The van der Waals surface area contributed by atoms with Crippen LogP contribution in [-0.2, 0) is 23.9 Å². The molecule has 5 rings (SSSR count). The van der Waals surface area contributed by atoms with E-state index in [1.807, 2.05) is 13.0 Å². The summed E-state index contributed by atoms with van der Waals surface area (Å²) < 4.78 is 11.0. The number of ketones is 2. The van der Waals surface area contributed by atoms with E-state index in [2.05, 4.69) is 34.6 Å². The molecule has 4 fully saturated rings. The first-order valence-corrected chi connectivity index (χ1v) is 14.8. The number of hydrogen-bond acceptors (Lipinski definition) is 6. The molecule has 0 bridgehead atoms. The highest BCUT2D eigenvalue weighted by molar-refractivity contribution is 6.02. The minimum absolute atomic E-state index is 0.000195. The molecule has 5 aliphatic carbocycles. The zero-order chi connectivity index (χ0) is 28.8. The van der Waals surface area contributed by atoms with Crippen molar-refractivity contribution < 1.29 is 29.0 Å². The zero-order valence-electron chi connectivity index (χ0n) is 25.2. The second kappa shape index (κ2) is 8.77. The first kappa shape index (κ1) is 28.6. The van der Waals surface area contributed by atoms with E-state index in [0.29, 0.717) is 12.0 Å². The molecular formula is C33H48O6. The Morgan fingerprint density at radius 1 is 1.03 bits per heavy atom. The molecule has 8 atom stereocenters. The molecule has 0 saturated heterocycles. The summed E-state index contributed by atoms with van der Waals surface area (Å²) in [5, 5.41) is 10.1. The van der Waals surface area contributed by atoms with Gasteiger partial charge in [-0.05, 0) is 97.9 Å². The molecule has 0 radical (unpaired) electrons. The topological polar surface area (TPSA) is 89.9 Å². The molecule has 0 spiro atoms. The Labute approximate surface area is 234 Å². The molecular weight excluding hydrogens is 492 g/mol. The van der Waals surface area contributed by atoms with Gasteiger partial charge in [-0.2, -0.15) is 0 Å². The highest BCUT2D eigenvalue weighted by atomic mass is 16.5. The van der Waals surface area contributed by atoms with Gasteiger partial charge in [-0.1, -0.05) is 40.2 Å². The van der Waals surface area contributed by atoms with Crippen molar-refractivity contribution in [2.75, 3.05) is 20.8 Å². The van der Waals surface area contributed by atoms with Crippen molar-refractivity contribution >= 4 is 17.5 Å². The van der Waals surface area contributed by atoms with E-state index in [9.17, 15) is 19.5 Å². The summed E-state index contributed by atoms with van der Waals surface area (Å²) in [7, 11) is 3.11. The molecule has 4 saturated carbocycles. The van der Waals surface area contributed by atoms with E-state index in [1.165, 1.54) is 7.11 Å². The van der Waals surface area contributed by atoms with E-state index in [0.717, 1.165) is 56.8 Å². The van der Waals surface area contributed by atoms with Crippen LogP contribution in [0, 0.1) is 50.2 Å². The number of aliphatic hydroxyl groups is 1. The van der Waals surface area contributed by atoms with E-state index in [4.69, 9.17) is 9.47 Å². The quantitative estimate of drug-likeness (QED) is 0.254. The van der Waals surface area contributed by atoms with E-state index < -0.39 is 16.2 Å². The average Bonchev–Trinajstić information content (AvgIpc) is 2.87. The lowest BCUT2D eigenvalue weighted by Gasteiger charge is -2.69. The summed E-state index contributed by atoms with van der Waals surface area (Å²) in [5.74, 6) is -0.369. The third-order valence-corrected chi connectivity index (χ3v) is 13.0. The molecule has 0 aromatic rings. The number of methoxy groups -OCH3 is 2. The molecule has 0 aromatic heterocycles. The van der Waals surface area contributed by atoms with Gasteiger partial charge in [-0.25, -0.2) is 0 Å². The number of rotatable bonds is 3. The monoisotopic (exact) mass is 540 g/mol. The molecule has 5 aliphatic rings. The number of esters is 1. The molecule has 0 heterocycles. The lowest BCUT2D eigenvalue weighted by Crippen LogP contribution is -2.66. The smallest absolute Gasteiger partial charge is 0.312 e. The maximum Gasteiger partial charge on any atom is 0.312 e. The Balaban J connectivity index is 1.67. The zero-order valence-corrected chi connectivity index (χ0v) is 25.2. The number of carbonyl (C=O) groups excluding carboxylic acids is 3. The SMILES string of the molecule is COC[C@]1(C)C(=O)/C(=C\O)C[C@]2(C)C3=CC(=O)[C@@H]4[C@@H]5CC(C)(C)CC[C@]5(C(=O)OC)CC[C@@]4(C)[C@]3(C)CC[C@@H]12. The van der Waals surface area contributed by atoms with E-state index in [-0.39, 0.29) is 58.1 Å². The summed E-state index contributed by atoms with van der Waals surface area (Å²) in [5.41, 5.74) is -0.829. The largest absolute Gasteiger partial charge is 0.515 e. The van der Waals surface area contributed by atoms with Crippen molar-refractivity contribution in [2.45, 2.75) is 92.9 Å². The summed E-state index contributed by atoms with van der Waals surface area (Å²) >= 11 is 0. The molecule has 0 aromatic carbocycles. The van der Waals surface area contributed by atoms with Crippen LogP contribution >= 0.6 is 0 Å². The number of fused-ring (bicyclic) bond motifs is 7. The van der Waals surface area contributed by atoms with E-state index in [1.54, 1.807) is 7.11 Å². The summed E-state index contributed by atoms with van der Waals surface area (Å²) in [6.07, 6.45) is 9.15. The molecule has 216 valence electrons. The average molecular weight is 541 g/mol. The Bertz CT molecular complexity index is 1160. The summed E-state index contributed by atoms with van der Waals surface area (Å²) in [6.45, 7) is 13.6. The lowest BCUT2D eigenvalue weighted by atomic mass is 9.33. The van der Waals surface area contributed by atoms with Crippen molar-refractivity contribution in [3.05, 3.63) is 23.5 Å². The highest BCUT2D eigenvalue weighted by Crippen LogP contribution is 2.75. The fourth-order valence-electron chi connectivity index (χ4n) is 10.8. The van der Waals surface area contributed by atoms with Gasteiger partial charge in [0.2, 0.25) is 0 Å². The number of hydrogen-bond donors (Lipinski definition) is 1. The van der Waals surface area contributed by atoms with Crippen LogP contribution in [0.3, 0.4) is 0 Å². The van der Waals surface area contributed by atoms with Crippen molar-refractivity contribution in [1.82, 2.24) is 0 Å². The van der Waals surface area contributed by atoms with Crippen LogP contribution in [-0.4, -0.2) is 43.5 Å². The van der Waals surface area contributed by atoms with Gasteiger partial charge >= 0.3 is 5.97 Å². The van der Waals surface area contributed by atoms with Crippen LogP contribution in [0.5, 0.6) is 0 Å². The first-order valence-electron chi connectivity index (χ1n) is 14.8. The third kappa shape index (κ3) is 3.51. The minimum Gasteiger partial charge on any atom is -0.515 e. The van der Waals surface area contributed by atoms with Crippen LogP contribution in [0.2, 0.25) is 0 Å². The van der Waals surface area contributed by atoms with Crippen LogP contribution in [0.4, 0.5) is 0 Å². The highest BCUT2D eigenvalue weighted by Gasteiger charge is 2.71. The van der Waals surface area contributed by atoms with Gasteiger partial charge in [-0.3, -0.25) is 14.4 Å². The van der Waals surface area contributed by atoms with Crippen molar-refractivity contribution in [3.63, 3.8) is 0 Å². The number of ether oxygens (including phenoxy) is 2. The number of carbonyl (C=O) groups is 3. The van der Waals surface area contributed by atoms with Crippen LogP contribution in [0.1, 0.15) is 92.9 Å². The van der Waals surface area contributed by atoms with Crippen LogP contribution in [0.25, 0.3) is 0 Å². The fourth-order valence-corrected chi connectivity index (χ4v) is 10.8. The normalized spacial score (nSPS) is 47.8. The maximum atomic E-state index is 14.5. The number of Topliss-reactive ketones (excluding diaryl/α,β-unsaturated/α-hetero) is 1. The molecule has 1 N–H and O–H groups in total. The minimum atomic E-state index is -0.778. The van der Waals surface area contributed by atoms with Gasteiger partial charge in [0.15, 0.2) is 11.6 Å². The van der Waals surface area contributed by atoms with Gasteiger partial charge < -0.3 is 14.6 Å². The summed E-state index contributed by atoms with van der Waals surface area (Å²) in [4.78, 5) is 41.5. The number of aliphatic hydroxyl groups excluding tert-OH is 1. The third-order valence-electron chi connectivity index (χ3n) is 13.0. The number of allylic oxidation sites excluding steroid dienone is 3. The van der Waals surface area contributed by atoms with Gasteiger partial charge in [-0.15, -0.1) is 0 Å². The molecule has 6 nitrogen and oxygen atoms in total. The van der Waals surface area contributed by atoms with Crippen LogP contribution < -0.4 is 0 Å². The molecule has 0 aliphatic heterocycles. The molecule has 6 heteroatoms. The van der Waals surface area contributed by atoms with Crippen LogP contribution in [0.15, 0.2) is 23.5 Å². The fraction of sp³-hybridized carbons (Fsp3) is 0.788. The Hall–Kier alpha value is -1.95. The Kier molecular flexibility index (Phi) is 6.43. The Morgan fingerprint density at radius 3 is 2.31 bits per heavy atom. The van der Waals surface area contributed by atoms with Gasteiger partial charge in [0.25, 0.3) is 0 Å². The summed E-state index contributed by atoms with van der Waals surface area (Å²) in [6, 6.07) is 0. The predicted molar refractivity (Wildman–Crippen MR) is 149 cm³/mol. The molecule has 0 unspecified atom stereocenters. The van der Waals surface area contributed by atoms with Crippen molar-refractivity contribution in [3.8, 4) is 0 Å². The van der Waals surface area contributed by atoms with Gasteiger partial charge in [0, 0.05) is 18.6 Å². The standard InChI is InChI=1S/C33H48O6/c1-28(2)11-13-33(27(37)39-8)14-12-32(6)25(21(33)17-28)22(35)15-24-29(3)16-20(18-34)26(36)30(4,19-38-7)23(29)9-10-31(24,32)5/h15,18,21,23,25,34H,9-14,16-17,19H2,1-8H3/b20-18-/t21-,23+,25-,29-,30-,31+,32+,33-/m0/s1.